The third-order valence-corrected chi connectivity index (χ3v) is 3.08. The van der Waals surface area contributed by atoms with Crippen molar-refractivity contribution in [3.05, 3.63) is 34.8 Å². The molecule has 0 saturated carbocycles. The third-order valence-electron chi connectivity index (χ3n) is 2.32. The molecule has 86 valence electrons. The van der Waals surface area contributed by atoms with Crippen LogP contribution in [0.1, 0.15) is 30.8 Å². The van der Waals surface area contributed by atoms with E-state index in [-0.39, 0.29) is 6.10 Å². The van der Waals surface area contributed by atoms with Gasteiger partial charge in [-0.15, -0.1) is 11.3 Å². The molecule has 0 aliphatic carbocycles. The van der Waals surface area contributed by atoms with Gasteiger partial charge < -0.3 is 9.30 Å². The Morgan fingerprint density at radius 2 is 2.31 bits per heavy atom. The normalized spacial score (nSPS) is 12.9. The molecule has 0 amide bonds. The fraction of sp³-hybridized carbons (Fsp3) is 0.455. The Bertz CT molecular complexity index is 424. The average Bonchev–Trinajstić information content (AvgIpc) is 2.90. The summed E-state index contributed by atoms with van der Waals surface area (Å²) >= 11 is 1.65. The number of nitrogens with zero attached hydrogens (tertiary/aromatic N) is 3. The maximum absolute atomic E-state index is 5.55. The highest BCUT2D eigenvalue weighted by Gasteiger charge is 2.12. The van der Waals surface area contributed by atoms with Crippen LogP contribution in [-0.2, 0) is 11.3 Å². The zero-order valence-electron chi connectivity index (χ0n) is 9.46. The summed E-state index contributed by atoms with van der Waals surface area (Å²) in [5.41, 5.74) is 0. The van der Waals surface area contributed by atoms with Crippen molar-refractivity contribution in [3.63, 3.8) is 0 Å². The first kappa shape index (κ1) is 11.3. The second-order valence-electron chi connectivity index (χ2n) is 3.44. The Hall–Kier alpha value is -1.20. The minimum Gasteiger partial charge on any atom is -0.371 e. The highest BCUT2D eigenvalue weighted by atomic mass is 32.1. The zero-order valence-corrected chi connectivity index (χ0v) is 10.3. The van der Waals surface area contributed by atoms with Crippen LogP contribution in [-0.4, -0.2) is 21.1 Å². The zero-order chi connectivity index (χ0) is 11.4. The van der Waals surface area contributed by atoms with Gasteiger partial charge in [0.2, 0.25) is 0 Å². The van der Waals surface area contributed by atoms with Gasteiger partial charge in [-0.3, -0.25) is 0 Å². The van der Waals surface area contributed by atoms with Crippen molar-refractivity contribution in [2.24, 2.45) is 0 Å². The summed E-state index contributed by atoms with van der Waals surface area (Å²) in [6.07, 6.45) is 5.62. The van der Waals surface area contributed by atoms with Crippen molar-refractivity contribution in [1.82, 2.24) is 14.5 Å². The number of ether oxygens (including phenoxy) is 1. The summed E-state index contributed by atoms with van der Waals surface area (Å²) in [5.74, 6) is 0.956. The van der Waals surface area contributed by atoms with Crippen LogP contribution in [0, 0.1) is 0 Å². The molecule has 2 aromatic rings. The van der Waals surface area contributed by atoms with Gasteiger partial charge in [-0.2, -0.15) is 0 Å². The Morgan fingerprint density at radius 1 is 1.44 bits per heavy atom. The van der Waals surface area contributed by atoms with Crippen LogP contribution < -0.4 is 0 Å². The number of aromatic nitrogens is 3. The maximum atomic E-state index is 5.55. The standard InChI is InChI=1S/C11H15N3OS/c1-3-15-9(2)11-13-4-6-14(11)8-10-12-5-7-16-10/h4-7,9H,3,8H2,1-2H3/t9-/m0/s1. The second-order valence-corrected chi connectivity index (χ2v) is 4.42. The first-order chi connectivity index (χ1) is 7.81. The smallest absolute Gasteiger partial charge is 0.138 e. The molecule has 0 aromatic carbocycles. The fourth-order valence-corrected chi connectivity index (χ4v) is 2.23. The first-order valence-corrected chi connectivity index (χ1v) is 6.20. The lowest BCUT2D eigenvalue weighted by molar-refractivity contribution is 0.0677. The van der Waals surface area contributed by atoms with Crippen molar-refractivity contribution in [2.45, 2.75) is 26.5 Å². The van der Waals surface area contributed by atoms with Crippen LogP contribution in [0.25, 0.3) is 0 Å². The Morgan fingerprint density at radius 3 is 3.00 bits per heavy atom. The van der Waals surface area contributed by atoms with Crippen molar-refractivity contribution in [2.75, 3.05) is 6.61 Å². The van der Waals surface area contributed by atoms with Gasteiger partial charge in [0.1, 0.15) is 16.9 Å². The fourth-order valence-electron chi connectivity index (χ4n) is 1.61. The van der Waals surface area contributed by atoms with Crippen LogP contribution in [0.5, 0.6) is 0 Å². The van der Waals surface area contributed by atoms with E-state index < -0.39 is 0 Å². The third kappa shape index (κ3) is 2.48. The van der Waals surface area contributed by atoms with Gasteiger partial charge >= 0.3 is 0 Å². The Kier molecular flexibility index (Phi) is 3.69. The number of hydrogen-bond donors (Lipinski definition) is 0. The molecule has 0 saturated heterocycles. The number of imidazole rings is 1. The topological polar surface area (TPSA) is 39.9 Å². The molecule has 5 heteroatoms. The van der Waals surface area contributed by atoms with Gasteiger partial charge in [0.15, 0.2) is 0 Å². The molecule has 2 rings (SSSR count). The van der Waals surface area contributed by atoms with Gasteiger partial charge in [0.25, 0.3) is 0 Å². The monoisotopic (exact) mass is 237 g/mol. The highest BCUT2D eigenvalue weighted by Crippen LogP contribution is 2.16. The SMILES string of the molecule is CCO[C@@H](C)c1nccn1Cc1nccs1. The van der Waals surface area contributed by atoms with Crippen LogP contribution in [0.4, 0.5) is 0 Å². The average molecular weight is 237 g/mol. The Balaban J connectivity index is 2.13. The Labute approximate surface area is 98.9 Å². The summed E-state index contributed by atoms with van der Waals surface area (Å²) in [6, 6.07) is 0. The lowest BCUT2D eigenvalue weighted by Crippen LogP contribution is -2.10. The van der Waals surface area contributed by atoms with E-state index in [0.29, 0.717) is 6.61 Å². The number of hydrogen-bond acceptors (Lipinski definition) is 4. The largest absolute Gasteiger partial charge is 0.371 e. The van der Waals surface area contributed by atoms with Gasteiger partial charge in [-0.1, -0.05) is 0 Å². The lowest BCUT2D eigenvalue weighted by atomic mass is 10.3. The van der Waals surface area contributed by atoms with E-state index in [9.17, 15) is 0 Å². The lowest BCUT2D eigenvalue weighted by Gasteiger charge is -2.13. The quantitative estimate of drug-likeness (QED) is 0.802. The summed E-state index contributed by atoms with van der Waals surface area (Å²) in [7, 11) is 0. The molecule has 1 atom stereocenters. The molecule has 16 heavy (non-hydrogen) atoms. The minimum atomic E-state index is 0.0277. The van der Waals surface area contributed by atoms with Crippen LogP contribution in [0.2, 0.25) is 0 Å². The summed E-state index contributed by atoms with van der Waals surface area (Å²) in [5, 5.41) is 3.07. The molecule has 2 aromatic heterocycles. The van der Waals surface area contributed by atoms with E-state index >= 15 is 0 Å². The number of rotatable bonds is 5. The molecular formula is C11H15N3OS. The van der Waals surface area contributed by atoms with E-state index in [4.69, 9.17) is 4.74 Å². The van der Waals surface area contributed by atoms with E-state index in [1.807, 2.05) is 31.6 Å². The molecule has 0 aliphatic heterocycles. The van der Waals surface area contributed by atoms with Crippen molar-refractivity contribution < 1.29 is 4.74 Å². The molecular weight excluding hydrogens is 222 g/mol. The summed E-state index contributed by atoms with van der Waals surface area (Å²) in [4.78, 5) is 8.60. The maximum Gasteiger partial charge on any atom is 0.138 e. The molecule has 0 bridgehead atoms. The molecule has 0 aliphatic rings. The van der Waals surface area contributed by atoms with Crippen LogP contribution in [0.15, 0.2) is 24.0 Å². The predicted octanol–water partition coefficient (Wildman–Crippen LogP) is 2.49. The van der Waals surface area contributed by atoms with E-state index in [1.54, 1.807) is 17.5 Å². The van der Waals surface area contributed by atoms with Crippen LogP contribution >= 0.6 is 11.3 Å². The molecule has 0 N–H and O–H groups in total. The molecule has 4 nitrogen and oxygen atoms in total. The highest BCUT2D eigenvalue weighted by molar-refractivity contribution is 7.09. The van der Waals surface area contributed by atoms with Gasteiger partial charge in [0, 0.05) is 30.6 Å². The first-order valence-electron chi connectivity index (χ1n) is 5.32. The van der Waals surface area contributed by atoms with E-state index in [1.165, 1.54) is 0 Å². The van der Waals surface area contributed by atoms with Crippen molar-refractivity contribution in [1.29, 1.82) is 0 Å². The molecule has 0 radical (unpaired) electrons. The molecule has 0 unspecified atom stereocenters. The van der Waals surface area contributed by atoms with Crippen molar-refractivity contribution in [3.8, 4) is 0 Å². The predicted molar refractivity (Wildman–Crippen MR) is 63.5 cm³/mol. The van der Waals surface area contributed by atoms with E-state index in [0.717, 1.165) is 17.4 Å². The molecule has 0 fully saturated rings. The van der Waals surface area contributed by atoms with Gasteiger partial charge in [-0.25, -0.2) is 9.97 Å². The van der Waals surface area contributed by atoms with Gasteiger partial charge in [-0.05, 0) is 13.8 Å². The van der Waals surface area contributed by atoms with Gasteiger partial charge in [0.05, 0.1) is 6.54 Å². The second kappa shape index (κ2) is 5.23. The molecule has 0 spiro atoms. The number of thiazole rings is 1. The van der Waals surface area contributed by atoms with Crippen LogP contribution in [0.3, 0.4) is 0 Å². The van der Waals surface area contributed by atoms with E-state index in [2.05, 4.69) is 14.5 Å². The summed E-state index contributed by atoms with van der Waals surface area (Å²) < 4.78 is 7.63. The molecule has 2 heterocycles. The van der Waals surface area contributed by atoms with Crippen molar-refractivity contribution >= 4 is 11.3 Å². The minimum absolute atomic E-state index is 0.0277. The summed E-state index contributed by atoms with van der Waals surface area (Å²) in [6.45, 7) is 5.48.